The number of rotatable bonds is 0. The first kappa shape index (κ1) is 7.79. The molecule has 2 rings (SSSR count). The summed E-state index contributed by atoms with van der Waals surface area (Å²) >= 11 is 2.06. The van der Waals surface area contributed by atoms with Gasteiger partial charge in [-0.05, 0) is 28.7 Å². The molecule has 0 bridgehead atoms. The van der Waals surface area contributed by atoms with Gasteiger partial charge in [0.05, 0.1) is 5.56 Å². The molecule has 0 unspecified atom stereocenters. The summed E-state index contributed by atoms with van der Waals surface area (Å²) in [4.78, 5) is 11.2. The Morgan fingerprint density at radius 2 is 1.92 bits per heavy atom. The molecule has 0 aromatic heterocycles. The molecule has 1 heterocycles. The summed E-state index contributed by atoms with van der Waals surface area (Å²) in [5, 5.41) is 0. The van der Waals surface area contributed by atoms with Crippen LogP contribution in [0.15, 0.2) is 28.3 Å². The van der Waals surface area contributed by atoms with Crippen molar-refractivity contribution in [3.8, 4) is 0 Å². The van der Waals surface area contributed by atoms with E-state index in [9.17, 15) is 4.79 Å². The predicted octanol–water partition coefficient (Wildman–Crippen LogP) is 2.59. The molecule has 1 aliphatic rings. The van der Waals surface area contributed by atoms with Crippen LogP contribution in [0.1, 0.15) is 15.9 Å². The highest BCUT2D eigenvalue weighted by molar-refractivity contribution is 14.1. The molecule has 0 atom stereocenters. The summed E-state index contributed by atoms with van der Waals surface area (Å²) in [6.45, 7) is 0. The Hall–Kier alpha value is -0.840. The first-order valence-corrected chi connectivity index (χ1v) is 4.69. The van der Waals surface area contributed by atoms with Gasteiger partial charge in [0.2, 0.25) is 0 Å². The lowest BCUT2D eigenvalue weighted by atomic mass is 10.1. The lowest BCUT2D eigenvalue weighted by Crippen LogP contribution is -1.91. The van der Waals surface area contributed by atoms with E-state index in [2.05, 4.69) is 22.6 Å². The molecular formula is C9H5IO2. The summed E-state index contributed by atoms with van der Waals surface area (Å²) in [5.74, 6) is 0.393. The molecule has 2 nitrogen and oxygen atoms in total. The molecule has 0 saturated heterocycles. The molecule has 1 aromatic carbocycles. The Labute approximate surface area is 83.4 Å². The van der Waals surface area contributed by atoms with Gasteiger partial charge in [-0.2, -0.15) is 0 Å². The zero-order valence-electron chi connectivity index (χ0n) is 6.08. The van der Waals surface area contributed by atoms with Gasteiger partial charge in [0.1, 0.15) is 5.76 Å². The van der Waals surface area contributed by atoms with Crippen LogP contribution < -0.4 is 0 Å². The molecule has 0 saturated carbocycles. The van der Waals surface area contributed by atoms with Crippen molar-refractivity contribution in [2.24, 2.45) is 0 Å². The van der Waals surface area contributed by atoms with Gasteiger partial charge in [0.25, 0.3) is 0 Å². The van der Waals surface area contributed by atoms with Crippen LogP contribution in [0, 0.1) is 0 Å². The van der Waals surface area contributed by atoms with Crippen molar-refractivity contribution in [1.82, 2.24) is 0 Å². The predicted molar refractivity (Wildman–Crippen MR) is 53.9 cm³/mol. The third-order valence-corrected chi connectivity index (χ3v) is 2.28. The maximum absolute atomic E-state index is 11.2. The molecule has 3 heteroatoms. The number of benzene rings is 1. The number of ether oxygens (including phenoxy) is 1. The fourth-order valence-corrected chi connectivity index (χ4v) is 1.63. The number of esters is 1. The Balaban J connectivity index is 2.65. The minimum Gasteiger partial charge on any atom is -0.422 e. The average Bonchev–Trinajstić information content (AvgIpc) is 2.44. The molecule has 1 aromatic rings. The largest absolute Gasteiger partial charge is 0.422 e. The van der Waals surface area contributed by atoms with E-state index in [0.717, 1.165) is 5.56 Å². The minimum atomic E-state index is -0.256. The molecule has 0 N–H and O–H groups in total. The van der Waals surface area contributed by atoms with Crippen LogP contribution in [0.5, 0.6) is 0 Å². The van der Waals surface area contributed by atoms with Crippen molar-refractivity contribution in [2.75, 3.05) is 0 Å². The number of carbonyl (C=O) groups excluding carboxylic acids is 1. The van der Waals surface area contributed by atoms with Gasteiger partial charge in [-0.3, -0.25) is 0 Å². The van der Waals surface area contributed by atoms with Crippen molar-refractivity contribution in [3.05, 3.63) is 39.5 Å². The number of cyclic esters (lactones) is 1. The van der Waals surface area contributed by atoms with E-state index in [1.54, 1.807) is 10.1 Å². The van der Waals surface area contributed by atoms with Crippen LogP contribution in [0.25, 0.3) is 5.76 Å². The van der Waals surface area contributed by atoms with E-state index < -0.39 is 0 Å². The van der Waals surface area contributed by atoms with E-state index >= 15 is 0 Å². The molecular weight excluding hydrogens is 267 g/mol. The molecule has 0 amide bonds. The fraction of sp³-hybridized carbons (Fsp3) is 0. The van der Waals surface area contributed by atoms with Gasteiger partial charge in [0.15, 0.2) is 0 Å². The lowest BCUT2D eigenvalue weighted by Gasteiger charge is -1.92. The van der Waals surface area contributed by atoms with E-state index in [4.69, 9.17) is 4.74 Å². The summed E-state index contributed by atoms with van der Waals surface area (Å²) in [6, 6.07) is 7.37. The summed E-state index contributed by atoms with van der Waals surface area (Å²) in [5.41, 5.74) is 1.54. The highest BCUT2D eigenvalue weighted by Gasteiger charge is 2.24. The molecule has 0 radical (unpaired) electrons. The van der Waals surface area contributed by atoms with E-state index in [1.807, 2.05) is 18.2 Å². The number of hydrogen-bond donors (Lipinski definition) is 0. The fourth-order valence-electron chi connectivity index (χ4n) is 1.17. The van der Waals surface area contributed by atoms with Crippen LogP contribution in [0.4, 0.5) is 0 Å². The standard InChI is InChI=1S/C9H5IO2/c10-5-8-6-3-1-2-4-7(6)9(11)12-8/h1-5H/b8-5-. The Kier molecular flexibility index (Phi) is 1.88. The first-order valence-electron chi connectivity index (χ1n) is 3.45. The molecule has 0 spiro atoms. The van der Waals surface area contributed by atoms with Crippen LogP contribution >= 0.6 is 22.6 Å². The first-order chi connectivity index (χ1) is 5.83. The number of halogens is 1. The second-order valence-corrected chi connectivity index (χ2v) is 3.03. The van der Waals surface area contributed by atoms with Crippen molar-refractivity contribution < 1.29 is 9.53 Å². The molecule has 12 heavy (non-hydrogen) atoms. The highest BCUT2D eigenvalue weighted by atomic mass is 127. The Morgan fingerprint density at radius 3 is 2.58 bits per heavy atom. The Bertz CT molecular complexity index is 369. The van der Waals surface area contributed by atoms with Crippen LogP contribution in [0.2, 0.25) is 0 Å². The number of carbonyl (C=O) groups is 1. The Morgan fingerprint density at radius 1 is 1.25 bits per heavy atom. The number of fused-ring (bicyclic) bond motifs is 1. The monoisotopic (exact) mass is 272 g/mol. The van der Waals surface area contributed by atoms with Crippen molar-refractivity contribution in [1.29, 1.82) is 0 Å². The zero-order chi connectivity index (χ0) is 8.55. The molecule has 0 aliphatic carbocycles. The highest BCUT2D eigenvalue weighted by Crippen LogP contribution is 2.29. The van der Waals surface area contributed by atoms with Crippen LogP contribution in [-0.4, -0.2) is 5.97 Å². The maximum Gasteiger partial charge on any atom is 0.344 e. The summed E-state index contributed by atoms with van der Waals surface area (Å²) in [6.07, 6.45) is 0. The summed E-state index contributed by atoms with van der Waals surface area (Å²) < 4.78 is 6.76. The minimum absolute atomic E-state index is 0.256. The van der Waals surface area contributed by atoms with Gasteiger partial charge in [-0.15, -0.1) is 0 Å². The van der Waals surface area contributed by atoms with E-state index in [1.165, 1.54) is 0 Å². The smallest absolute Gasteiger partial charge is 0.344 e. The average molecular weight is 272 g/mol. The molecule has 60 valence electrons. The normalized spacial score (nSPS) is 17.8. The third kappa shape index (κ3) is 1.04. The van der Waals surface area contributed by atoms with Gasteiger partial charge >= 0.3 is 5.97 Å². The van der Waals surface area contributed by atoms with Gasteiger partial charge in [-0.25, -0.2) is 4.79 Å². The zero-order valence-corrected chi connectivity index (χ0v) is 8.24. The van der Waals surface area contributed by atoms with Crippen molar-refractivity contribution >= 4 is 34.3 Å². The van der Waals surface area contributed by atoms with E-state index in [-0.39, 0.29) is 5.97 Å². The van der Waals surface area contributed by atoms with Crippen molar-refractivity contribution in [2.45, 2.75) is 0 Å². The molecule has 0 fully saturated rings. The second kappa shape index (κ2) is 2.90. The summed E-state index contributed by atoms with van der Waals surface area (Å²) in [7, 11) is 0. The van der Waals surface area contributed by atoms with Gasteiger partial charge < -0.3 is 4.74 Å². The second-order valence-electron chi connectivity index (χ2n) is 2.41. The van der Waals surface area contributed by atoms with Crippen molar-refractivity contribution in [3.63, 3.8) is 0 Å². The number of hydrogen-bond acceptors (Lipinski definition) is 2. The maximum atomic E-state index is 11.2. The quantitative estimate of drug-likeness (QED) is 0.536. The van der Waals surface area contributed by atoms with Gasteiger partial charge in [-0.1, -0.05) is 18.2 Å². The van der Waals surface area contributed by atoms with Crippen LogP contribution in [-0.2, 0) is 4.74 Å². The third-order valence-electron chi connectivity index (χ3n) is 1.71. The van der Waals surface area contributed by atoms with Crippen LogP contribution in [0.3, 0.4) is 0 Å². The topological polar surface area (TPSA) is 26.3 Å². The SMILES string of the molecule is O=C1O/C(=C\I)c2ccccc21. The van der Waals surface area contributed by atoms with Gasteiger partial charge in [0, 0.05) is 9.65 Å². The lowest BCUT2D eigenvalue weighted by molar-refractivity contribution is 0.0716. The van der Waals surface area contributed by atoms with E-state index in [0.29, 0.717) is 11.3 Å². The molecule has 1 aliphatic heterocycles.